The second kappa shape index (κ2) is 3.87. The summed E-state index contributed by atoms with van der Waals surface area (Å²) < 4.78 is 0. The first-order valence-electron chi connectivity index (χ1n) is 4.38. The Hall–Kier alpha value is -0.610. The molecule has 0 spiro atoms. The number of hydrogen-bond acceptors (Lipinski definition) is 3. The van der Waals surface area contributed by atoms with Crippen molar-refractivity contribution < 1.29 is 4.79 Å². The molecule has 1 aliphatic rings. The quantitative estimate of drug-likeness (QED) is 0.513. The third-order valence-corrected chi connectivity index (χ3v) is 2.15. The van der Waals surface area contributed by atoms with Crippen molar-refractivity contribution in [3.8, 4) is 0 Å². The highest BCUT2D eigenvalue weighted by molar-refractivity contribution is 5.82. The molecule has 1 saturated heterocycles. The van der Waals surface area contributed by atoms with E-state index in [1.807, 2.05) is 13.8 Å². The molecule has 1 rings (SSSR count). The van der Waals surface area contributed by atoms with E-state index in [1.165, 1.54) is 0 Å². The summed E-state index contributed by atoms with van der Waals surface area (Å²) in [4.78, 5) is 11.3. The summed E-state index contributed by atoms with van der Waals surface area (Å²) in [7, 11) is 0. The molecule has 1 heterocycles. The molecule has 1 atom stereocenters. The highest BCUT2D eigenvalue weighted by Crippen LogP contribution is 1.99. The third-order valence-electron chi connectivity index (χ3n) is 2.15. The molecule has 0 bridgehead atoms. The van der Waals surface area contributed by atoms with Crippen LogP contribution in [0, 0.1) is 5.92 Å². The second-order valence-electron chi connectivity index (χ2n) is 3.63. The van der Waals surface area contributed by atoms with Crippen molar-refractivity contribution >= 4 is 5.91 Å². The summed E-state index contributed by atoms with van der Waals surface area (Å²) in [6, 6.07) is -0.0760. The molecule has 0 saturated carbocycles. The van der Waals surface area contributed by atoms with Crippen molar-refractivity contribution in [2.75, 3.05) is 13.1 Å². The fourth-order valence-electron chi connectivity index (χ4n) is 0.991. The minimum atomic E-state index is -0.370. The van der Waals surface area contributed by atoms with Gasteiger partial charge in [-0.05, 0) is 5.92 Å². The number of nitrogens with two attached hydrogens (primary N) is 1. The van der Waals surface area contributed by atoms with Crippen molar-refractivity contribution in [2.45, 2.75) is 25.9 Å². The van der Waals surface area contributed by atoms with Gasteiger partial charge in [-0.3, -0.25) is 4.79 Å². The van der Waals surface area contributed by atoms with Gasteiger partial charge in [0.05, 0.1) is 12.1 Å². The first-order valence-corrected chi connectivity index (χ1v) is 4.38. The van der Waals surface area contributed by atoms with Gasteiger partial charge in [0.2, 0.25) is 5.91 Å². The number of hydrogen-bond donors (Lipinski definition) is 3. The van der Waals surface area contributed by atoms with Crippen molar-refractivity contribution in [1.82, 2.24) is 10.6 Å². The average molecular weight is 171 g/mol. The Morgan fingerprint density at radius 1 is 1.58 bits per heavy atom. The van der Waals surface area contributed by atoms with E-state index >= 15 is 0 Å². The van der Waals surface area contributed by atoms with Crippen LogP contribution in [0.5, 0.6) is 0 Å². The lowest BCUT2D eigenvalue weighted by molar-refractivity contribution is -0.124. The highest BCUT2D eigenvalue weighted by atomic mass is 16.2. The first-order chi connectivity index (χ1) is 5.61. The van der Waals surface area contributed by atoms with Gasteiger partial charge in [-0.2, -0.15) is 0 Å². The normalized spacial score (nSPS) is 20.3. The minimum absolute atomic E-state index is 0.0310. The molecule has 4 nitrogen and oxygen atoms in total. The van der Waals surface area contributed by atoms with Crippen LogP contribution in [-0.4, -0.2) is 31.1 Å². The molecule has 4 heteroatoms. The zero-order valence-corrected chi connectivity index (χ0v) is 7.63. The Kier molecular flexibility index (Phi) is 3.05. The number of carbonyl (C=O) groups excluding carboxylic acids is 1. The Morgan fingerprint density at radius 2 is 2.17 bits per heavy atom. The van der Waals surface area contributed by atoms with Gasteiger partial charge in [-0.25, -0.2) is 0 Å². The van der Waals surface area contributed by atoms with E-state index in [-0.39, 0.29) is 17.9 Å². The molecule has 1 aliphatic heterocycles. The van der Waals surface area contributed by atoms with Crippen molar-refractivity contribution in [2.24, 2.45) is 11.7 Å². The lowest BCUT2D eigenvalue weighted by Gasteiger charge is -2.29. The summed E-state index contributed by atoms with van der Waals surface area (Å²) in [6.45, 7) is 5.64. The van der Waals surface area contributed by atoms with Crippen LogP contribution < -0.4 is 16.4 Å². The zero-order chi connectivity index (χ0) is 9.14. The molecule has 1 amide bonds. The van der Waals surface area contributed by atoms with Gasteiger partial charge in [0, 0.05) is 13.1 Å². The molecule has 0 unspecified atom stereocenters. The van der Waals surface area contributed by atoms with Crippen LogP contribution in [0.2, 0.25) is 0 Å². The molecule has 1 fully saturated rings. The van der Waals surface area contributed by atoms with Crippen LogP contribution in [0.4, 0.5) is 0 Å². The smallest absolute Gasteiger partial charge is 0.237 e. The Bertz CT molecular complexity index is 166. The van der Waals surface area contributed by atoms with Crippen LogP contribution in [0.1, 0.15) is 13.8 Å². The molecular weight excluding hydrogens is 154 g/mol. The van der Waals surface area contributed by atoms with E-state index in [2.05, 4.69) is 10.6 Å². The van der Waals surface area contributed by atoms with Gasteiger partial charge in [-0.1, -0.05) is 13.8 Å². The van der Waals surface area contributed by atoms with Gasteiger partial charge < -0.3 is 16.4 Å². The monoisotopic (exact) mass is 171 g/mol. The average Bonchev–Trinajstić information content (AvgIpc) is 1.94. The van der Waals surface area contributed by atoms with E-state index in [9.17, 15) is 4.79 Å². The third kappa shape index (κ3) is 2.19. The Morgan fingerprint density at radius 3 is 2.50 bits per heavy atom. The largest absolute Gasteiger partial charge is 0.349 e. The topological polar surface area (TPSA) is 67.2 Å². The number of rotatable bonds is 3. The summed E-state index contributed by atoms with van der Waals surface area (Å²) in [6.07, 6.45) is 0. The maximum absolute atomic E-state index is 11.3. The van der Waals surface area contributed by atoms with E-state index in [0.29, 0.717) is 6.04 Å². The summed E-state index contributed by atoms with van der Waals surface area (Å²) in [5.74, 6) is 0.175. The summed E-state index contributed by atoms with van der Waals surface area (Å²) >= 11 is 0. The Balaban J connectivity index is 2.26. The van der Waals surface area contributed by atoms with Gasteiger partial charge >= 0.3 is 0 Å². The molecule has 0 aliphatic carbocycles. The van der Waals surface area contributed by atoms with Crippen LogP contribution in [-0.2, 0) is 4.79 Å². The Labute approximate surface area is 72.9 Å². The highest BCUT2D eigenvalue weighted by Gasteiger charge is 2.23. The second-order valence-corrected chi connectivity index (χ2v) is 3.63. The van der Waals surface area contributed by atoms with Gasteiger partial charge in [-0.15, -0.1) is 0 Å². The molecule has 0 radical (unpaired) electrons. The van der Waals surface area contributed by atoms with Crippen LogP contribution in [0.15, 0.2) is 0 Å². The van der Waals surface area contributed by atoms with Crippen molar-refractivity contribution in [3.05, 3.63) is 0 Å². The maximum atomic E-state index is 11.3. The van der Waals surface area contributed by atoms with Crippen LogP contribution >= 0.6 is 0 Å². The molecule has 12 heavy (non-hydrogen) atoms. The fraction of sp³-hybridized carbons (Fsp3) is 0.875. The minimum Gasteiger partial charge on any atom is -0.349 e. The van der Waals surface area contributed by atoms with E-state index in [1.54, 1.807) is 0 Å². The van der Waals surface area contributed by atoms with Gasteiger partial charge in [0.15, 0.2) is 0 Å². The molecule has 0 aromatic rings. The van der Waals surface area contributed by atoms with Crippen molar-refractivity contribution in [1.29, 1.82) is 0 Å². The van der Waals surface area contributed by atoms with E-state index < -0.39 is 0 Å². The van der Waals surface area contributed by atoms with Gasteiger partial charge in [0.1, 0.15) is 0 Å². The van der Waals surface area contributed by atoms with E-state index in [4.69, 9.17) is 5.73 Å². The van der Waals surface area contributed by atoms with Gasteiger partial charge in [0.25, 0.3) is 0 Å². The summed E-state index contributed by atoms with van der Waals surface area (Å²) in [5, 5.41) is 5.95. The number of nitrogens with one attached hydrogen (secondary N) is 2. The standard InChI is InChI=1S/C8H17N3O/c1-5(2)7(9)8(12)11-6-3-10-4-6/h5-7,10H,3-4,9H2,1-2H3,(H,11,12)/t7-/m1/s1. The predicted molar refractivity (Wildman–Crippen MR) is 47.6 cm³/mol. The molecule has 0 aromatic carbocycles. The number of amides is 1. The van der Waals surface area contributed by atoms with Crippen molar-refractivity contribution in [3.63, 3.8) is 0 Å². The molecule has 4 N–H and O–H groups in total. The summed E-state index contributed by atoms with van der Waals surface area (Å²) in [5.41, 5.74) is 5.65. The van der Waals surface area contributed by atoms with Crippen LogP contribution in [0.25, 0.3) is 0 Å². The molecular formula is C8H17N3O. The fourth-order valence-corrected chi connectivity index (χ4v) is 0.991. The molecule has 70 valence electrons. The predicted octanol–water partition coefficient (Wildman–Crippen LogP) is -0.942. The maximum Gasteiger partial charge on any atom is 0.237 e. The number of carbonyl (C=O) groups is 1. The zero-order valence-electron chi connectivity index (χ0n) is 7.63. The van der Waals surface area contributed by atoms with Crippen LogP contribution in [0.3, 0.4) is 0 Å². The SMILES string of the molecule is CC(C)[C@@H](N)C(=O)NC1CNC1. The lowest BCUT2D eigenvalue weighted by atomic mass is 10.0. The molecule has 0 aromatic heterocycles. The first kappa shape index (κ1) is 9.48. The lowest BCUT2D eigenvalue weighted by Crippen LogP contribution is -2.60. The van der Waals surface area contributed by atoms with E-state index in [0.717, 1.165) is 13.1 Å².